The summed E-state index contributed by atoms with van der Waals surface area (Å²) < 4.78 is 96.9. The molecule has 8 N–H and O–H groups in total. The van der Waals surface area contributed by atoms with E-state index in [0.29, 0.717) is 5.56 Å². The molecule has 16 nitrogen and oxygen atoms in total. The minimum absolute atomic E-state index is 0.00786. The topological polar surface area (TPSA) is 264 Å². The molecule has 0 saturated heterocycles. The Labute approximate surface area is 211 Å². The summed E-state index contributed by atoms with van der Waals surface area (Å²) in [5.41, 5.74) is 5.60. The summed E-state index contributed by atoms with van der Waals surface area (Å²) in [6.07, 6.45) is 0. The van der Waals surface area contributed by atoms with Gasteiger partial charge in [0.1, 0.15) is 4.90 Å². The van der Waals surface area contributed by atoms with Gasteiger partial charge in [0.25, 0.3) is 30.4 Å². The minimum atomic E-state index is -4.83. The quantitative estimate of drug-likeness (QED) is 0.152. The third-order valence-electron chi connectivity index (χ3n) is 4.51. The number of nitrogens with one attached hydrogen (secondary N) is 3. The van der Waals surface area contributed by atoms with E-state index < -0.39 is 45.8 Å². The molecule has 3 rings (SSSR count). The highest BCUT2D eigenvalue weighted by molar-refractivity contribution is 7.86. The average Bonchev–Trinajstić information content (AvgIpc) is 2.80. The van der Waals surface area contributed by atoms with Crippen LogP contribution in [0.3, 0.4) is 0 Å². The summed E-state index contributed by atoms with van der Waals surface area (Å²) in [7, 11) is -13.9. The first-order valence-electron chi connectivity index (χ1n) is 10.0. The molecule has 1 heterocycles. The van der Waals surface area contributed by atoms with E-state index in [1.165, 1.54) is 24.3 Å². The van der Waals surface area contributed by atoms with Crippen LogP contribution in [0.5, 0.6) is 0 Å². The van der Waals surface area contributed by atoms with Gasteiger partial charge < -0.3 is 21.7 Å². The molecule has 0 bridgehead atoms. The molecule has 0 fully saturated rings. The number of benzene rings is 2. The molecule has 0 spiro atoms. The molecular formula is C18H21N7O9S3. The van der Waals surface area contributed by atoms with E-state index in [9.17, 15) is 34.4 Å². The Morgan fingerprint density at radius 1 is 0.703 bits per heavy atom. The van der Waals surface area contributed by atoms with Crippen molar-refractivity contribution in [2.75, 3.05) is 29.0 Å². The molecular weight excluding hydrogens is 554 g/mol. The van der Waals surface area contributed by atoms with Crippen molar-refractivity contribution in [2.45, 2.75) is 21.2 Å². The summed E-state index contributed by atoms with van der Waals surface area (Å²) in [4.78, 5) is 10.6. The SMILES string of the molecule is NCCNc1nc(NCc2ccc(S(=O)(=O)O)cc2)nc(Nc2cc(S(=O)(=O)O)ccc2S(=O)(=O)O)n1. The molecule has 0 unspecified atom stereocenters. The molecule has 19 heteroatoms. The molecule has 0 aliphatic rings. The maximum Gasteiger partial charge on any atom is 0.296 e. The smallest absolute Gasteiger partial charge is 0.296 e. The first-order valence-corrected chi connectivity index (χ1v) is 14.4. The van der Waals surface area contributed by atoms with E-state index >= 15 is 0 Å². The van der Waals surface area contributed by atoms with Gasteiger partial charge in [0, 0.05) is 19.6 Å². The van der Waals surface area contributed by atoms with E-state index in [1.54, 1.807) is 0 Å². The molecule has 2 aromatic carbocycles. The van der Waals surface area contributed by atoms with Gasteiger partial charge in [-0.2, -0.15) is 40.2 Å². The lowest BCUT2D eigenvalue weighted by Crippen LogP contribution is -2.17. The Balaban J connectivity index is 1.95. The lowest BCUT2D eigenvalue weighted by Gasteiger charge is -2.13. The van der Waals surface area contributed by atoms with Crippen LogP contribution in [0.25, 0.3) is 0 Å². The molecule has 0 aliphatic carbocycles. The molecule has 0 aliphatic heterocycles. The largest absolute Gasteiger partial charge is 0.353 e. The molecule has 37 heavy (non-hydrogen) atoms. The highest BCUT2D eigenvalue weighted by atomic mass is 32.2. The molecule has 0 saturated carbocycles. The third kappa shape index (κ3) is 7.76. The van der Waals surface area contributed by atoms with Crippen molar-refractivity contribution in [3.8, 4) is 0 Å². The number of hydrogen-bond acceptors (Lipinski definition) is 13. The van der Waals surface area contributed by atoms with Gasteiger partial charge in [-0.15, -0.1) is 0 Å². The second-order valence-electron chi connectivity index (χ2n) is 7.23. The fourth-order valence-corrected chi connectivity index (χ4v) is 4.46. The zero-order valence-corrected chi connectivity index (χ0v) is 21.0. The summed E-state index contributed by atoms with van der Waals surface area (Å²) in [6.45, 7) is 0.537. The predicted octanol–water partition coefficient (Wildman–Crippen LogP) is 0.338. The van der Waals surface area contributed by atoms with E-state index in [1.807, 2.05) is 0 Å². The van der Waals surface area contributed by atoms with Gasteiger partial charge in [-0.25, -0.2) is 0 Å². The van der Waals surface area contributed by atoms with E-state index in [0.717, 1.165) is 18.2 Å². The van der Waals surface area contributed by atoms with Gasteiger partial charge in [-0.1, -0.05) is 12.1 Å². The van der Waals surface area contributed by atoms with Crippen molar-refractivity contribution in [3.05, 3.63) is 48.0 Å². The van der Waals surface area contributed by atoms with Crippen LogP contribution in [-0.4, -0.2) is 67.0 Å². The van der Waals surface area contributed by atoms with Crippen LogP contribution in [0.4, 0.5) is 23.5 Å². The molecule has 0 radical (unpaired) electrons. The van der Waals surface area contributed by atoms with Gasteiger partial charge in [-0.3, -0.25) is 13.7 Å². The third-order valence-corrected chi connectivity index (χ3v) is 7.14. The maximum absolute atomic E-state index is 11.8. The van der Waals surface area contributed by atoms with Crippen molar-refractivity contribution in [1.82, 2.24) is 15.0 Å². The van der Waals surface area contributed by atoms with Gasteiger partial charge in [-0.05, 0) is 35.9 Å². The monoisotopic (exact) mass is 575 g/mol. The first kappa shape index (κ1) is 28.1. The zero-order valence-electron chi connectivity index (χ0n) is 18.6. The van der Waals surface area contributed by atoms with Crippen LogP contribution in [0.1, 0.15) is 5.56 Å². The Bertz CT molecular complexity index is 1610. The first-order chi connectivity index (χ1) is 17.2. The Kier molecular flexibility index (Phi) is 8.27. The van der Waals surface area contributed by atoms with Crippen LogP contribution in [0.2, 0.25) is 0 Å². The summed E-state index contributed by atoms with van der Waals surface area (Å²) in [5.74, 6) is -0.335. The van der Waals surface area contributed by atoms with E-state index in [-0.39, 0.29) is 42.4 Å². The number of nitrogens with two attached hydrogens (primary N) is 1. The van der Waals surface area contributed by atoms with E-state index in [2.05, 4.69) is 30.9 Å². The highest BCUT2D eigenvalue weighted by Gasteiger charge is 2.21. The number of hydrogen-bond donors (Lipinski definition) is 7. The normalized spacial score (nSPS) is 12.2. The zero-order chi connectivity index (χ0) is 27.4. The molecule has 0 amide bonds. The Morgan fingerprint density at radius 2 is 1.24 bits per heavy atom. The van der Waals surface area contributed by atoms with Gasteiger partial charge in [0.2, 0.25) is 17.8 Å². The van der Waals surface area contributed by atoms with Gasteiger partial charge in [0.15, 0.2) is 0 Å². The Hall–Kier alpha value is -3.46. The number of anilines is 4. The minimum Gasteiger partial charge on any atom is -0.353 e. The number of aromatic nitrogens is 3. The lowest BCUT2D eigenvalue weighted by atomic mass is 10.2. The molecule has 0 atom stereocenters. The van der Waals surface area contributed by atoms with Gasteiger partial charge >= 0.3 is 0 Å². The van der Waals surface area contributed by atoms with Crippen LogP contribution in [0.15, 0.2) is 57.2 Å². The van der Waals surface area contributed by atoms with Crippen molar-refractivity contribution in [2.24, 2.45) is 5.73 Å². The van der Waals surface area contributed by atoms with Crippen molar-refractivity contribution in [1.29, 1.82) is 0 Å². The standard InChI is InChI=1S/C18H21N7O9S3/c19-7-8-20-16-23-17(21-10-11-1-3-12(4-2-11)35(26,27)28)25-18(24-16)22-14-9-13(36(29,30)31)5-6-15(14)37(32,33)34/h1-6,9H,7-8,10,19H2,(H,26,27,28)(H,29,30,31)(H,32,33,34)(H3,20,21,22,23,24,25). The summed E-state index contributed by atoms with van der Waals surface area (Å²) >= 11 is 0. The van der Waals surface area contributed by atoms with Crippen LogP contribution >= 0.6 is 0 Å². The fourth-order valence-electron chi connectivity index (χ4n) is 2.85. The second kappa shape index (κ2) is 10.9. The fraction of sp³-hybridized carbons (Fsp3) is 0.167. The van der Waals surface area contributed by atoms with Crippen LogP contribution in [-0.2, 0) is 36.9 Å². The average molecular weight is 576 g/mol. The van der Waals surface area contributed by atoms with Crippen molar-refractivity contribution >= 4 is 53.9 Å². The summed E-state index contributed by atoms with van der Waals surface area (Å²) in [5, 5.41) is 8.14. The highest BCUT2D eigenvalue weighted by Crippen LogP contribution is 2.27. The van der Waals surface area contributed by atoms with Crippen molar-refractivity contribution < 1.29 is 38.9 Å². The van der Waals surface area contributed by atoms with Gasteiger partial charge in [0.05, 0.1) is 15.5 Å². The molecule has 1 aromatic heterocycles. The predicted molar refractivity (Wildman–Crippen MR) is 130 cm³/mol. The lowest BCUT2D eigenvalue weighted by molar-refractivity contribution is 0.479. The second-order valence-corrected chi connectivity index (χ2v) is 11.5. The molecule has 200 valence electrons. The number of rotatable bonds is 11. The molecule has 3 aromatic rings. The number of nitrogens with zero attached hydrogens (tertiary/aromatic N) is 3. The van der Waals surface area contributed by atoms with Crippen LogP contribution in [0, 0.1) is 0 Å². The Morgan fingerprint density at radius 3 is 1.78 bits per heavy atom. The maximum atomic E-state index is 11.8. The van der Waals surface area contributed by atoms with E-state index in [4.69, 9.17) is 10.3 Å². The van der Waals surface area contributed by atoms with Crippen LogP contribution < -0.4 is 21.7 Å². The summed E-state index contributed by atoms with van der Waals surface area (Å²) in [6, 6.07) is 7.57. The van der Waals surface area contributed by atoms with Crippen molar-refractivity contribution in [3.63, 3.8) is 0 Å².